The molecule has 166 valence electrons. The zero-order valence-electron chi connectivity index (χ0n) is 18.0. The van der Waals surface area contributed by atoms with Gasteiger partial charge in [0.05, 0.1) is 13.2 Å². The molecule has 1 unspecified atom stereocenters. The number of aliphatic hydroxyl groups excluding tert-OH is 1. The number of anilines is 1. The summed E-state index contributed by atoms with van der Waals surface area (Å²) in [4.78, 5) is 12.6. The van der Waals surface area contributed by atoms with Crippen LogP contribution in [0.3, 0.4) is 0 Å². The summed E-state index contributed by atoms with van der Waals surface area (Å²) in [6, 6.07) is 10.0. The topological polar surface area (TPSA) is 116 Å². The quantitative estimate of drug-likeness (QED) is 0.480. The number of aromatic nitrogens is 1. The zero-order valence-corrected chi connectivity index (χ0v) is 18.0. The largest absolute Gasteiger partial charge is 0.497 e. The van der Waals surface area contributed by atoms with E-state index in [1.165, 1.54) is 16.7 Å². The van der Waals surface area contributed by atoms with Crippen LogP contribution in [0.2, 0.25) is 0 Å². The van der Waals surface area contributed by atoms with Crippen LogP contribution < -0.4 is 20.7 Å². The molecule has 3 heterocycles. The minimum absolute atomic E-state index is 0.0648. The molecule has 30 heavy (non-hydrogen) atoms. The molecule has 0 saturated carbocycles. The molecule has 1 fully saturated rings. The zero-order chi connectivity index (χ0) is 22.2. The van der Waals surface area contributed by atoms with Crippen molar-refractivity contribution in [1.29, 1.82) is 0 Å². The Morgan fingerprint density at radius 1 is 1.27 bits per heavy atom. The van der Waals surface area contributed by atoms with E-state index >= 15 is 0 Å². The number of nitrogens with zero attached hydrogens (tertiary/aromatic N) is 1. The molecule has 0 bridgehead atoms. The average Bonchev–Trinajstić information content (AvgIpc) is 3.42. The third kappa shape index (κ3) is 9.69. The maximum absolute atomic E-state index is 8.67. The Labute approximate surface area is 178 Å². The van der Waals surface area contributed by atoms with Crippen LogP contribution in [0.5, 0.6) is 5.75 Å². The minimum Gasteiger partial charge on any atom is -0.497 e. The Balaban J connectivity index is 0.000000221. The van der Waals surface area contributed by atoms with Crippen molar-refractivity contribution >= 4 is 12.3 Å². The smallest absolute Gasteiger partial charge is 0.290 e. The molecule has 8 nitrogen and oxygen atoms in total. The summed E-state index contributed by atoms with van der Waals surface area (Å²) < 4.78 is 4.97. The van der Waals surface area contributed by atoms with E-state index in [0.717, 1.165) is 50.6 Å². The highest BCUT2D eigenvalue weighted by Crippen LogP contribution is 2.22. The van der Waals surface area contributed by atoms with Crippen LogP contribution >= 0.6 is 0 Å². The van der Waals surface area contributed by atoms with Gasteiger partial charge in [0.2, 0.25) is 0 Å². The van der Waals surface area contributed by atoms with Crippen LogP contribution in [-0.4, -0.2) is 61.6 Å². The molecule has 8 heteroatoms. The first kappa shape index (κ1) is 25.4. The summed E-state index contributed by atoms with van der Waals surface area (Å²) in [7, 11) is 3.64. The lowest BCUT2D eigenvalue weighted by molar-refractivity contribution is -0.122. The summed E-state index contributed by atoms with van der Waals surface area (Å²) in [6.07, 6.45) is 3.84. The average molecular weight is 419 g/mol. The number of ether oxygens (including phenoxy) is 1. The van der Waals surface area contributed by atoms with E-state index in [0.29, 0.717) is 0 Å². The summed E-state index contributed by atoms with van der Waals surface area (Å²) in [5.41, 5.74) is 4.01. The molecule has 0 amide bonds. The number of benzene rings is 1. The van der Waals surface area contributed by atoms with E-state index in [1.807, 2.05) is 37.5 Å². The second-order valence-corrected chi connectivity index (χ2v) is 6.77. The maximum Gasteiger partial charge on any atom is 0.290 e. The van der Waals surface area contributed by atoms with Crippen molar-refractivity contribution in [2.45, 2.75) is 32.4 Å². The number of aryl methyl sites for hydroxylation is 1. The van der Waals surface area contributed by atoms with E-state index in [1.54, 1.807) is 7.11 Å². The normalized spacial score (nSPS) is 15.7. The number of aliphatic hydroxyl groups is 1. The SMILES string of the molecule is CNCc1ccnc2c1CCN2.COc1ccc(C)cc1.O=CO.OC1CCNC1. The van der Waals surface area contributed by atoms with Gasteiger partial charge in [-0.05, 0) is 57.1 Å². The number of β-amino-alcohol motifs (C(OH)–C–C–N with tert-alkyl or cyclic N) is 1. The number of carbonyl (C=O) groups is 1. The van der Waals surface area contributed by atoms with E-state index in [-0.39, 0.29) is 12.6 Å². The number of hydrogen-bond acceptors (Lipinski definition) is 7. The van der Waals surface area contributed by atoms with Gasteiger partial charge in [0.15, 0.2) is 0 Å². The van der Waals surface area contributed by atoms with E-state index in [2.05, 4.69) is 33.9 Å². The van der Waals surface area contributed by atoms with Crippen molar-refractivity contribution in [3.05, 3.63) is 53.2 Å². The molecule has 4 rings (SSSR count). The summed E-state index contributed by atoms with van der Waals surface area (Å²) in [5, 5.41) is 25.0. The first-order valence-electron chi connectivity index (χ1n) is 9.98. The number of pyridine rings is 1. The molecule has 0 spiro atoms. The van der Waals surface area contributed by atoms with Crippen molar-refractivity contribution < 1.29 is 19.7 Å². The highest BCUT2D eigenvalue weighted by Gasteiger charge is 2.13. The first-order chi connectivity index (χ1) is 14.5. The van der Waals surface area contributed by atoms with Crippen molar-refractivity contribution in [3.63, 3.8) is 0 Å². The fourth-order valence-corrected chi connectivity index (χ4v) is 2.94. The fraction of sp³-hybridized carbons (Fsp3) is 0.455. The van der Waals surface area contributed by atoms with Gasteiger partial charge in [-0.3, -0.25) is 4.79 Å². The highest BCUT2D eigenvalue weighted by molar-refractivity contribution is 5.52. The number of hydrogen-bond donors (Lipinski definition) is 5. The van der Waals surface area contributed by atoms with Gasteiger partial charge in [-0.2, -0.15) is 0 Å². The predicted molar refractivity (Wildman–Crippen MR) is 119 cm³/mol. The lowest BCUT2D eigenvalue weighted by atomic mass is 10.1. The summed E-state index contributed by atoms with van der Waals surface area (Å²) in [5.74, 6) is 1.99. The minimum atomic E-state index is -0.250. The number of nitrogens with one attached hydrogen (secondary N) is 3. The molecule has 1 aromatic heterocycles. The van der Waals surface area contributed by atoms with Gasteiger partial charge in [0.25, 0.3) is 6.47 Å². The predicted octanol–water partition coefficient (Wildman–Crippen LogP) is 1.81. The molecular formula is C22H34N4O4. The second kappa shape index (κ2) is 15.2. The molecule has 0 radical (unpaired) electrons. The van der Waals surface area contributed by atoms with Gasteiger partial charge in [0.1, 0.15) is 11.6 Å². The molecular weight excluding hydrogens is 384 g/mol. The van der Waals surface area contributed by atoms with Gasteiger partial charge < -0.3 is 30.9 Å². The Morgan fingerprint density at radius 3 is 2.47 bits per heavy atom. The first-order valence-corrected chi connectivity index (χ1v) is 9.98. The number of carboxylic acid groups (broad SMARTS) is 1. The lowest BCUT2D eigenvalue weighted by Gasteiger charge is -2.05. The molecule has 5 N–H and O–H groups in total. The van der Waals surface area contributed by atoms with Crippen molar-refractivity contribution in [2.75, 3.05) is 39.1 Å². The molecule has 1 saturated heterocycles. The van der Waals surface area contributed by atoms with E-state index in [4.69, 9.17) is 19.7 Å². The molecule has 1 atom stereocenters. The van der Waals surface area contributed by atoms with Crippen molar-refractivity contribution in [2.24, 2.45) is 0 Å². The Hall–Kier alpha value is -2.68. The van der Waals surface area contributed by atoms with Crippen LogP contribution in [0, 0.1) is 6.92 Å². The van der Waals surface area contributed by atoms with E-state index < -0.39 is 0 Å². The highest BCUT2D eigenvalue weighted by atomic mass is 16.5. The van der Waals surface area contributed by atoms with Gasteiger partial charge in [-0.25, -0.2) is 4.98 Å². The molecule has 2 aliphatic heterocycles. The molecule has 2 aliphatic rings. The third-order valence-electron chi connectivity index (χ3n) is 4.48. The maximum atomic E-state index is 8.67. The standard InChI is InChI=1S/C9H13N3.C8H10O.C4H9NO.CH2O2/c1-10-6-7-2-4-11-9-8(7)3-5-12-9;1-7-3-5-8(9-2)6-4-7;6-4-1-2-5-3-4;2-1-3/h2,4,10H,3,5-6H2,1H3,(H,11,12);3-6H,1-2H3;4-6H,1-3H2;1H,(H,2,3). The van der Waals surface area contributed by atoms with Crippen LogP contribution in [0.1, 0.15) is 23.1 Å². The Bertz CT molecular complexity index is 720. The Morgan fingerprint density at radius 2 is 1.97 bits per heavy atom. The molecule has 2 aromatic rings. The van der Waals surface area contributed by atoms with Crippen LogP contribution in [0.4, 0.5) is 5.82 Å². The van der Waals surface area contributed by atoms with Gasteiger partial charge in [-0.15, -0.1) is 0 Å². The van der Waals surface area contributed by atoms with Gasteiger partial charge >= 0.3 is 0 Å². The van der Waals surface area contributed by atoms with Crippen LogP contribution in [0.25, 0.3) is 0 Å². The van der Waals surface area contributed by atoms with Crippen LogP contribution in [0.15, 0.2) is 36.5 Å². The number of methoxy groups -OCH3 is 1. The number of fused-ring (bicyclic) bond motifs is 1. The van der Waals surface area contributed by atoms with Gasteiger partial charge in [-0.1, -0.05) is 17.7 Å². The number of rotatable bonds is 3. The van der Waals surface area contributed by atoms with Crippen molar-refractivity contribution in [3.8, 4) is 5.75 Å². The van der Waals surface area contributed by atoms with Crippen molar-refractivity contribution in [1.82, 2.24) is 15.6 Å². The third-order valence-corrected chi connectivity index (χ3v) is 4.48. The second-order valence-electron chi connectivity index (χ2n) is 6.77. The summed E-state index contributed by atoms with van der Waals surface area (Å²) in [6.45, 7) is 5.55. The van der Waals surface area contributed by atoms with Crippen LogP contribution in [-0.2, 0) is 17.8 Å². The summed E-state index contributed by atoms with van der Waals surface area (Å²) >= 11 is 0. The van der Waals surface area contributed by atoms with E-state index in [9.17, 15) is 0 Å². The molecule has 0 aliphatic carbocycles. The van der Waals surface area contributed by atoms with Gasteiger partial charge in [0, 0.05) is 31.4 Å². The molecule has 1 aromatic carbocycles. The lowest BCUT2D eigenvalue weighted by Crippen LogP contribution is -2.11. The Kier molecular flexibility index (Phi) is 12.8. The monoisotopic (exact) mass is 418 g/mol. The fourth-order valence-electron chi connectivity index (χ4n) is 2.94.